The van der Waals surface area contributed by atoms with E-state index in [4.69, 9.17) is 9.84 Å². The number of ether oxygens (including phenoxy) is 1. The molecule has 2 saturated carbocycles. The molecule has 0 aromatic heterocycles. The summed E-state index contributed by atoms with van der Waals surface area (Å²) in [7, 11) is 0. The number of carbonyl (C=O) groups is 2. The van der Waals surface area contributed by atoms with Gasteiger partial charge >= 0.3 is 12.2 Å². The number of aliphatic hydroxyl groups excluding tert-OH is 1. The number of carboxylic acid groups (broad SMARTS) is 1. The zero-order valence-corrected chi connectivity index (χ0v) is 16.2. The van der Waals surface area contributed by atoms with E-state index < -0.39 is 17.8 Å². The highest BCUT2D eigenvalue weighted by molar-refractivity contribution is 5.69. The molecule has 4 N–H and O–H groups in total. The normalized spacial score (nSPS) is 28.8. The average molecular weight is 370 g/mol. The van der Waals surface area contributed by atoms with Crippen LogP contribution < -0.4 is 10.6 Å². The molecular weight excluding hydrogens is 336 g/mol. The fourth-order valence-electron chi connectivity index (χ4n) is 4.42. The second kappa shape index (κ2) is 8.46. The summed E-state index contributed by atoms with van der Waals surface area (Å²) >= 11 is 0. The van der Waals surface area contributed by atoms with E-state index in [0.717, 1.165) is 44.9 Å². The number of carbonyl (C=O) groups excluding carboxylic acids is 1. The molecule has 150 valence electrons. The third kappa shape index (κ3) is 5.50. The first-order chi connectivity index (χ1) is 12.1. The second-order valence-electron chi connectivity index (χ2n) is 8.70. The Balaban J connectivity index is 2.03. The van der Waals surface area contributed by atoms with Crippen LogP contribution in [-0.2, 0) is 4.74 Å². The van der Waals surface area contributed by atoms with Crippen molar-refractivity contribution < 1.29 is 24.5 Å². The molecular formula is C19H34N2O5. The van der Waals surface area contributed by atoms with Gasteiger partial charge in [-0.2, -0.15) is 0 Å². The lowest BCUT2D eigenvalue weighted by Crippen LogP contribution is -2.58. The molecule has 0 saturated heterocycles. The van der Waals surface area contributed by atoms with Crippen molar-refractivity contribution in [1.82, 2.24) is 10.6 Å². The first-order valence-corrected chi connectivity index (χ1v) is 9.79. The molecule has 0 spiro atoms. The Morgan fingerprint density at radius 2 is 1.85 bits per heavy atom. The molecule has 0 heterocycles. The number of nitrogens with one attached hydrogen (secondary N) is 2. The summed E-state index contributed by atoms with van der Waals surface area (Å²) in [5.41, 5.74) is -1.26. The lowest BCUT2D eigenvalue weighted by molar-refractivity contribution is -0.00457. The monoisotopic (exact) mass is 370 g/mol. The van der Waals surface area contributed by atoms with Gasteiger partial charge in [-0.1, -0.05) is 26.2 Å². The first-order valence-electron chi connectivity index (χ1n) is 9.79. The maximum absolute atomic E-state index is 12.6. The zero-order valence-electron chi connectivity index (χ0n) is 16.2. The SMILES string of the molecule is C[C@H]1CC[C@@H](C2(NC(=O)OC(C)(C)CNC(=O)O)CCCCC2)C[C@@H]1O. The minimum atomic E-state index is -1.14. The third-order valence-electron chi connectivity index (χ3n) is 6.07. The van der Waals surface area contributed by atoms with Crippen LogP contribution in [0.3, 0.4) is 0 Å². The Morgan fingerprint density at radius 3 is 2.42 bits per heavy atom. The highest BCUT2D eigenvalue weighted by Gasteiger charge is 2.44. The van der Waals surface area contributed by atoms with Gasteiger partial charge in [-0.15, -0.1) is 0 Å². The molecule has 0 unspecified atom stereocenters. The molecule has 2 fully saturated rings. The third-order valence-corrected chi connectivity index (χ3v) is 6.07. The van der Waals surface area contributed by atoms with Crippen LogP contribution in [0.4, 0.5) is 9.59 Å². The molecule has 2 rings (SSSR count). The molecule has 7 nitrogen and oxygen atoms in total. The van der Waals surface area contributed by atoms with E-state index in [1.165, 1.54) is 0 Å². The van der Waals surface area contributed by atoms with Gasteiger partial charge in [0.15, 0.2) is 0 Å². The molecule has 2 aliphatic rings. The smallest absolute Gasteiger partial charge is 0.408 e. The van der Waals surface area contributed by atoms with Gasteiger partial charge < -0.3 is 25.6 Å². The van der Waals surface area contributed by atoms with Crippen LogP contribution in [0.2, 0.25) is 0 Å². The van der Waals surface area contributed by atoms with Gasteiger partial charge in [0.25, 0.3) is 0 Å². The quantitative estimate of drug-likeness (QED) is 0.594. The molecule has 7 heteroatoms. The lowest BCUT2D eigenvalue weighted by Gasteiger charge is -2.47. The summed E-state index contributed by atoms with van der Waals surface area (Å²) in [5.74, 6) is 0.557. The van der Waals surface area contributed by atoms with Crippen molar-refractivity contribution in [1.29, 1.82) is 0 Å². The highest BCUT2D eigenvalue weighted by Crippen LogP contribution is 2.43. The van der Waals surface area contributed by atoms with Crippen LogP contribution in [0.1, 0.15) is 72.1 Å². The van der Waals surface area contributed by atoms with Gasteiger partial charge in [-0.3, -0.25) is 0 Å². The molecule has 2 amide bonds. The lowest BCUT2D eigenvalue weighted by atomic mass is 9.65. The van der Waals surface area contributed by atoms with E-state index in [0.29, 0.717) is 12.3 Å². The molecule has 0 aromatic carbocycles. The largest absolute Gasteiger partial charge is 0.465 e. The van der Waals surface area contributed by atoms with Gasteiger partial charge in [0.2, 0.25) is 0 Å². The fourth-order valence-corrected chi connectivity index (χ4v) is 4.42. The molecule has 0 aliphatic heterocycles. The number of hydrogen-bond donors (Lipinski definition) is 4. The van der Waals surface area contributed by atoms with E-state index in [1.54, 1.807) is 13.8 Å². The average Bonchev–Trinajstić information content (AvgIpc) is 2.56. The van der Waals surface area contributed by atoms with Gasteiger partial charge in [-0.25, -0.2) is 9.59 Å². The van der Waals surface area contributed by atoms with E-state index in [2.05, 4.69) is 17.6 Å². The van der Waals surface area contributed by atoms with Crippen molar-refractivity contribution in [2.75, 3.05) is 6.54 Å². The molecule has 3 atom stereocenters. The van der Waals surface area contributed by atoms with E-state index in [-0.39, 0.29) is 24.1 Å². The van der Waals surface area contributed by atoms with Crippen molar-refractivity contribution in [2.45, 2.75) is 89.4 Å². The highest BCUT2D eigenvalue weighted by atomic mass is 16.6. The molecule has 2 aliphatic carbocycles. The number of aliphatic hydroxyl groups is 1. The maximum atomic E-state index is 12.6. The fraction of sp³-hybridized carbons (Fsp3) is 0.895. The Kier molecular flexibility index (Phi) is 6.77. The second-order valence-corrected chi connectivity index (χ2v) is 8.70. The number of amides is 2. The summed E-state index contributed by atoms with van der Waals surface area (Å²) in [5, 5.41) is 24.5. The topological polar surface area (TPSA) is 108 Å². The van der Waals surface area contributed by atoms with E-state index in [9.17, 15) is 14.7 Å². The molecule has 26 heavy (non-hydrogen) atoms. The summed E-state index contributed by atoms with van der Waals surface area (Å²) in [6.07, 6.45) is 5.82. The van der Waals surface area contributed by atoms with Crippen molar-refractivity contribution in [3.8, 4) is 0 Å². The van der Waals surface area contributed by atoms with Crippen molar-refractivity contribution >= 4 is 12.2 Å². The first kappa shape index (κ1) is 20.8. The standard InChI is InChI=1S/C19H34N2O5/c1-13-7-8-14(11-15(13)22)19(9-5-4-6-10-19)21-17(25)26-18(2,3)12-20-16(23)24/h13-15,20,22H,4-12H2,1-3H3,(H,21,25)(H,23,24)/t13-,14+,15-/m0/s1. The van der Waals surface area contributed by atoms with E-state index in [1.807, 2.05) is 0 Å². The summed E-state index contributed by atoms with van der Waals surface area (Å²) in [6.45, 7) is 5.47. The van der Waals surface area contributed by atoms with Crippen LogP contribution in [0.25, 0.3) is 0 Å². The van der Waals surface area contributed by atoms with Crippen LogP contribution in [-0.4, -0.2) is 46.2 Å². The molecule has 0 radical (unpaired) electrons. The minimum Gasteiger partial charge on any atom is -0.465 e. The van der Waals surface area contributed by atoms with Crippen molar-refractivity contribution in [3.05, 3.63) is 0 Å². The molecule has 0 bridgehead atoms. The Labute approximate surface area is 155 Å². The van der Waals surface area contributed by atoms with Crippen LogP contribution in [0.15, 0.2) is 0 Å². The zero-order chi connectivity index (χ0) is 19.4. The van der Waals surface area contributed by atoms with Crippen LogP contribution in [0, 0.1) is 11.8 Å². The Morgan fingerprint density at radius 1 is 1.19 bits per heavy atom. The van der Waals surface area contributed by atoms with Gasteiger partial charge in [-0.05, 0) is 57.8 Å². The van der Waals surface area contributed by atoms with Gasteiger partial charge in [0.1, 0.15) is 5.60 Å². The number of alkyl carbamates (subject to hydrolysis) is 1. The molecule has 0 aromatic rings. The predicted octanol–water partition coefficient (Wildman–Crippen LogP) is 3.26. The van der Waals surface area contributed by atoms with Crippen LogP contribution >= 0.6 is 0 Å². The van der Waals surface area contributed by atoms with Crippen molar-refractivity contribution in [3.63, 3.8) is 0 Å². The van der Waals surface area contributed by atoms with Gasteiger partial charge in [0, 0.05) is 5.54 Å². The summed E-state index contributed by atoms with van der Waals surface area (Å²) < 4.78 is 5.52. The summed E-state index contributed by atoms with van der Waals surface area (Å²) in [6, 6.07) is 0. The van der Waals surface area contributed by atoms with Gasteiger partial charge in [0.05, 0.1) is 12.6 Å². The Bertz CT molecular complexity index is 502. The minimum absolute atomic E-state index is 0.0302. The van der Waals surface area contributed by atoms with Crippen LogP contribution in [0.5, 0.6) is 0 Å². The van der Waals surface area contributed by atoms with E-state index >= 15 is 0 Å². The maximum Gasteiger partial charge on any atom is 0.408 e. The summed E-state index contributed by atoms with van der Waals surface area (Å²) in [4.78, 5) is 23.3. The Hall–Kier alpha value is -1.50. The number of hydrogen-bond acceptors (Lipinski definition) is 4. The predicted molar refractivity (Wildman–Crippen MR) is 98.1 cm³/mol. The van der Waals surface area contributed by atoms with Crippen molar-refractivity contribution in [2.24, 2.45) is 11.8 Å². The number of rotatable bonds is 5.